The maximum atomic E-state index is 12.6. The average molecular weight is 346 g/mol. The molecule has 1 amide bonds. The fourth-order valence-corrected chi connectivity index (χ4v) is 4.16. The molecule has 0 aliphatic rings. The van der Waals surface area contributed by atoms with E-state index in [1.807, 2.05) is 50.0 Å². The van der Waals surface area contributed by atoms with Crippen LogP contribution in [0, 0.1) is 13.8 Å². The molecule has 3 rings (SSSR count). The van der Waals surface area contributed by atoms with E-state index < -0.39 is 0 Å². The molecule has 0 saturated heterocycles. The van der Waals surface area contributed by atoms with Crippen LogP contribution in [0.5, 0.6) is 0 Å². The highest BCUT2D eigenvalue weighted by Gasteiger charge is 2.20. The van der Waals surface area contributed by atoms with E-state index in [2.05, 4.69) is 15.4 Å². The Morgan fingerprint density at radius 2 is 2.17 bits per heavy atom. The van der Waals surface area contributed by atoms with Gasteiger partial charge in [0.2, 0.25) is 0 Å². The number of carbonyl (C=O) groups excluding carboxylic acids is 1. The third kappa shape index (κ3) is 3.07. The van der Waals surface area contributed by atoms with E-state index in [1.54, 1.807) is 17.5 Å². The molecule has 0 radical (unpaired) electrons. The lowest BCUT2D eigenvalue weighted by molar-refractivity contribution is 0.0943. The van der Waals surface area contributed by atoms with Gasteiger partial charge in [-0.05, 0) is 32.2 Å². The number of aromatic nitrogens is 3. The zero-order valence-electron chi connectivity index (χ0n) is 13.5. The Balaban J connectivity index is 1.80. The van der Waals surface area contributed by atoms with Crippen molar-refractivity contribution < 1.29 is 4.79 Å². The average Bonchev–Trinajstić information content (AvgIpc) is 3.21. The monoisotopic (exact) mass is 346 g/mol. The second kappa shape index (κ2) is 6.25. The van der Waals surface area contributed by atoms with E-state index in [0.717, 1.165) is 26.8 Å². The van der Waals surface area contributed by atoms with Crippen LogP contribution in [0.3, 0.4) is 0 Å². The van der Waals surface area contributed by atoms with Crippen molar-refractivity contribution in [2.45, 2.75) is 26.8 Å². The minimum absolute atomic E-state index is 0.0847. The maximum Gasteiger partial charge on any atom is 0.263 e. The summed E-state index contributed by atoms with van der Waals surface area (Å²) in [7, 11) is 1.90. The van der Waals surface area contributed by atoms with E-state index in [4.69, 9.17) is 0 Å². The predicted octanol–water partition coefficient (Wildman–Crippen LogP) is 3.71. The van der Waals surface area contributed by atoms with Crippen molar-refractivity contribution >= 4 is 28.6 Å². The number of hydrogen-bond acceptors (Lipinski definition) is 5. The lowest BCUT2D eigenvalue weighted by Gasteiger charge is -2.13. The van der Waals surface area contributed by atoms with Crippen molar-refractivity contribution in [1.82, 2.24) is 20.1 Å². The molecule has 0 spiro atoms. The number of thiophene rings is 1. The number of aryl methyl sites for hydroxylation is 2. The Kier molecular flexibility index (Phi) is 4.32. The summed E-state index contributed by atoms with van der Waals surface area (Å²) in [6.45, 7) is 5.85. The minimum atomic E-state index is -0.0945. The zero-order chi connectivity index (χ0) is 16.6. The highest BCUT2D eigenvalue weighted by atomic mass is 32.1. The molecule has 0 saturated carbocycles. The molecule has 7 heteroatoms. The Hall–Kier alpha value is -1.99. The lowest BCUT2D eigenvalue weighted by atomic mass is 10.1. The summed E-state index contributed by atoms with van der Waals surface area (Å²) >= 11 is 3.07. The van der Waals surface area contributed by atoms with E-state index in [0.29, 0.717) is 4.88 Å². The fourth-order valence-electron chi connectivity index (χ4n) is 2.39. The van der Waals surface area contributed by atoms with Crippen LogP contribution in [-0.2, 0) is 7.05 Å². The van der Waals surface area contributed by atoms with Crippen LogP contribution in [-0.4, -0.2) is 20.7 Å². The van der Waals surface area contributed by atoms with Crippen LogP contribution in [0.25, 0.3) is 9.88 Å². The standard InChI is InChI=1S/C16H18N4OS2/c1-9(12-8-17-20(4)11(12)3)18-15(21)14-10(2)19-16(23-14)13-6-5-7-22-13/h5-9H,1-4H3,(H,18,21)/t9-/m0/s1. The fraction of sp³-hybridized carbons (Fsp3) is 0.312. The first-order chi connectivity index (χ1) is 11.0. The predicted molar refractivity (Wildman–Crippen MR) is 94.0 cm³/mol. The molecule has 1 atom stereocenters. The molecule has 3 heterocycles. The summed E-state index contributed by atoms with van der Waals surface area (Å²) in [5.41, 5.74) is 2.85. The van der Waals surface area contributed by atoms with E-state index >= 15 is 0 Å². The summed E-state index contributed by atoms with van der Waals surface area (Å²) in [4.78, 5) is 18.9. The van der Waals surface area contributed by atoms with Gasteiger partial charge in [0.1, 0.15) is 9.88 Å². The first kappa shape index (κ1) is 15.9. The van der Waals surface area contributed by atoms with Crippen LogP contribution in [0.15, 0.2) is 23.7 Å². The zero-order valence-corrected chi connectivity index (χ0v) is 15.1. The molecule has 3 aromatic heterocycles. The van der Waals surface area contributed by atoms with Crippen LogP contribution in [0.2, 0.25) is 0 Å². The smallest absolute Gasteiger partial charge is 0.263 e. The molecule has 5 nitrogen and oxygen atoms in total. The second-order valence-electron chi connectivity index (χ2n) is 5.41. The molecule has 1 N–H and O–H groups in total. The van der Waals surface area contributed by atoms with Crippen molar-refractivity contribution in [2.75, 3.05) is 0 Å². The van der Waals surface area contributed by atoms with Crippen LogP contribution in [0.4, 0.5) is 0 Å². The molecule has 0 aliphatic heterocycles. The van der Waals surface area contributed by atoms with Crippen LogP contribution >= 0.6 is 22.7 Å². The van der Waals surface area contributed by atoms with Gasteiger partial charge >= 0.3 is 0 Å². The topological polar surface area (TPSA) is 59.8 Å². The van der Waals surface area contributed by atoms with Gasteiger partial charge in [-0.2, -0.15) is 5.10 Å². The van der Waals surface area contributed by atoms with Gasteiger partial charge < -0.3 is 5.32 Å². The third-order valence-corrected chi connectivity index (χ3v) is 6.02. The Morgan fingerprint density at radius 3 is 2.78 bits per heavy atom. The first-order valence-corrected chi connectivity index (χ1v) is 8.97. The van der Waals surface area contributed by atoms with Gasteiger partial charge in [-0.25, -0.2) is 4.98 Å². The number of nitrogens with zero attached hydrogens (tertiary/aromatic N) is 3. The van der Waals surface area contributed by atoms with E-state index in [1.165, 1.54) is 11.3 Å². The van der Waals surface area contributed by atoms with E-state index in [9.17, 15) is 4.79 Å². The molecule has 0 aromatic carbocycles. The molecule has 0 fully saturated rings. The van der Waals surface area contributed by atoms with Crippen molar-refractivity contribution in [2.24, 2.45) is 7.05 Å². The molecular weight excluding hydrogens is 328 g/mol. The van der Waals surface area contributed by atoms with Crippen LogP contribution in [0.1, 0.15) is 39.6 Å². The van der Waals surface area contributed by atoms with Gasteiger partial charge in [0.25, 0.3) is 5.91 Å². The van der Waals surface area contributed by atoms with Gasteiger partial charge in [0, 0.05) is 18.3 Å². The number of nitrogens with one attached hydrogen (secondary N) is 1. The number of hydrogen-bond donors (Lipinski definition) is 1. The van der Waals surface area contributed by atoms with Gasteiger partial charge in [-0.1, -0.05) is 6.07 Å². The maximum absolute atomic E-state index is 12.6. The summed E-state index contributed by atoms with van der Waals surface area (Å²) in [6, 6.07) is 3.92. The highest BCUT2D eigenvalue weighted by Crippen LogP contribution is 2.31. The number of rotatable bonds is 4. The number of carbonyl (C=O) groups is 1. The van der Waals surface area contributed by atoms with Crippen LogP contribution < -0.4 is 5.32 Å². The molecule has 0 bridgehead atoms. The molecule has 0 unspecified atom stereocenters. The van der Waals surface area contributed by atoms with Crippen molar-refractivity contribution in [3.05, 3.63) is 45.5 Å². The second-order valence-corrected chi connectivity index (χ2v) is 7.36. The quantitative estimate of drug-likeness (QED) is 0.783. The number of amides is 1. The largest absolute Gasteiger partial charge is 0.345 e. The van der Waals surface area contributed by atoms with Gasteiger partial charge in [0.05, 0.1) is 22.8 Å². The number of thiazole rings is 1. The lowest BCUT2D eigenvalue weighted by Crippen LogP contribution is -2.26. The summed E-state index contributed by atoms with van der Waals surface area (Å²) in [5, 5.41) is 10.2. The van der Waals surface area contributed by atoms with Gasteiger partial charge in [-0.3, -0.25) is 9.48 Å². The Morgan fingerprint density at radius 1 is 1.39 bits per heavy atom. The van der Waals surface area contributed by atoms with Crippen molar-refractivity contribution in [1.29, 1.82) is 0 Å². The third-order valence-electron chi connectivity index (χ3n) is 3.82. The Bertz CT molecular complexity index is 833. The van der Waals surface area contributed by atoms with Gasteiger partial charge in [-0.15, -0.1) is 22.7 Å². The molecule has 0 aliphatic carbocycles. The SMILES string of the molecule is Cc1nc(-c2cccs2)sc1C(=O)N[C@@H](C)c1cnn(C)c1C. The summed E-state index contributed by atoms with van der Waals surface area (Å²) in [6.07, 6.45) is 1.80. The Labute approximate surface area is 143 Å². The van der Waals surface area contributed by atoms with E-state index in [-0.39, 0.29) is 11.9 Å². The molecule has 23 heavy (non-hydrogen) atoms. The normalized spacial score (nSPS) is 12.3. The van der Waals surface area contributed by atoms with Crippen molar-refractivity contribution in [3.8, 4) is 9.88 Å². The summed E-state index contributed by atoms with van der Waals surface area (Å²) in [5.74, 6) is -0.0847. The van der Waals surface area contributed by atoms with Crippen molar-refractivity contribution in [3.63, 3.8) is 0 Å². The molecular formula is C16H18N4OS2. The molecule has 3 aromatic rings. The first-order valence-electron chi connectivity index (χ1n) is 7.28. The molecule has 120 valence electrons. The highest BCUT2D eigenvalue weighted by molar-refractivity contribution is 7.22. The van der Waals surface area contributed by atoms with Gasteiger partial charge in [0.15, 0.2) is 0 Å². The minimum Gasteiger partial charge on any atom is -0.345 e. The summed E-state index contributed by atoms with van der Waals surface area (Å²) < 4.78 is 1.81.